The van der Waals surface area contributed by atoms with E-state index >= 15 is 0 Å². The van der Waals surface area contributed by atoms with Gasteiger partial charge in [0.25, 0.3) is 0 Å². The minimum Gasteiger partial charge on any atom is -0.481 e. The first-order chi connectivity index (χ1) is 17.0. The van der Waals surface area contributed by atoms with E-state index in [2.05, 4.69) is 34.9 Å². The highest BCUT2D eigenvalue weighted by Crippen LogP contribution is 2.44. The number of rotatable bonds is 10. The number of hydrogen-bond acceptors (Lipinski definition) is 4. The van der Waals surface area contributed by atoms with Crippen molar-refractivity contribution < 1.29 is 24.2 Å². The van der Waals surface area contributed by atoms with Crippen molar-refractivity contribution in [3.8, 4) is 11.1 Å². The zero-order valence-electron chi connectivity index (χ0n) is 20.2. The Balaban J connectivity index is 1.29. The SMILES string of the molecule is CCC[C@H](NC(=O)OCC1c2ccccc2-c2ccccc21)C(=O)NCC1CCC(CC(=O)O)C1. The number of carbonyl (C=O) groups is 3. The molecule has 35 heavy (non-hydrogen) atoms. The fourth-order valence-electron chi connectivity index (χ4n) is 5.50. The second kappa shape index (κ2) is 11.4. The van der Waals surface area contributed by atoms with Crippen LogP contribution in [0, 0.1) is 11.8 Å². The summed E-state index contributed by atoms with van der Waals surface area (Å²) in [5.74, 6) is -0.565. The smallest absolute Gasteiger partial charge is 0.407 e. The Hall–Kier alpha value is -3.35. The van der Waals surface area contributed by atoms with E-state index in [0.29, 0.717) is 13.0 Å². The van der Waals surface area contributed by atoms with Gasteiger partial charge in [-0.15, -0.1) is 0 Å². The van der Waals surface area contributed by atoms with Gasteiger partial charge in [0.05, 0.1) is 0 Å². The highest BCUT2D eigenvalue weighted by molar-refractivity contribution is 5.85. The van der Waals surface area contributed by atoms with Crippen LogP contribution in [0.1, 0.15) is 62.5 Å². The zero-order valence-corrected chi connectivity index (χ0v) is 20.2. The number of benzene rings is 2. The lowest BCUT2D eigenvalue weighted by Crippen LogP contribution is -2.47. The number of ether oxygens (including phenoxy) is 1. The molecular weight excluding hydrogens is 444 g/mol. The number of amides is 2. The summed E-state index contributed by atoms with van der Waals surface area (Å²) in [6, 6.07) is 15.7. The maximum absolute atomic E-state index is 12.8. The molecule has 186 valence electrons. The molecule has 0 spiro atoms. The molecule has 0 radical (unpaired) electrons. The molecule has 2 aromatic rings. The lowest BCUT2D eigenvalue weighted by molar-refractivity contribution is -0.138. The second-order valence-electron chi connectivity index (χ2n) is 9.70. The van der Waals surface area contributed by atoms with Crippen LogP contribution in [0.2, 0.25) is 0 Å². The van der Waals surface area contributed by atoms with Crippen LogP contribution < -0.4 is 10.6 Å². The molecule has 2 aliphatic rings. The first-order valence-corrected chi connectivity index (χ1v) is 12.6. The first-order valence-electron chi connectivity index (χ1n) is 12.6. The summed E-state index contributed by atoms with van der Waals surface area (Å²) in [5, 5.41) is 14.7. The summed E-state index contributed by atoms with van der Waals surface area (Å²) >= 11 is 0. The molecule has 3 N–H and O–H groups in total. The largest absolute Gasteiger partial charge is 0.481 e. The zero-order chi connectivity index (χ0) is 24.8. The van der Waals surface area contributed by atoms with Gasteiger partial charge in [-0.1, -0.05) is 61.9 Å². The Morgan fingerprint density at radius 3 is 2.26 bits per heavy atom. The van der Waals surface area contributed by atoms with Crippen molar-refractivity contribution in [2.75, 3.05) is 13.2 Å². The highest BCUT2D eigenvalue weighted by Gasteiger charge is 2.30. The molecule has 0 heterocycles. The van der Waals surface area contributed by atoms with Crippen molar-refractivity contribution in [1.82, 2.24) is 10.6 Å². The van der Waals surface area contributed by atoms with Crippen LogP contribution in [0.3, 0.4) is 0 Å². The number of alkyl carbamates (subject to hydrolysis) is 1. The topological polar surface area (TPSA) is 105 Å². The number of carboxylic acids is 1. The summed E-state index contributed by atoms with van der Waals surface area (Å²) in [5.41, 5.74) is 4.61. The van der Waals surface area contributed by atoms with E-state index in [1.54, 1.807) is 0 Å². The minimum absolute atomic E-state index is 0.0345. The van der Waals surface area contributed by atoms with Crippen LogP contribution in [0.5, 0.6) is 0 Å². The van der Waals surface area contributed by atoms with E-state index in [1.807, 2.05) is 31.2 Å². The monoisotopic (exact) mass is 478 g/mol. The van der Waals surface area contributed by atoms with Crippen LogP contribution in [0.25, 0.3) is 11.1 Å². The molecule has 0 aromatic heterocycles. The molecule has 7 heteroatoms. The lowest BCUT2D eigenvalue weighted by Gasteiger charge is -2.20. The predicted molar refractivity (Wildman–Crippen MR) is 133 cm³/mol. The van der Waals surface area contributed by atoms with Gasteiger partial charge in [0.2, 0.25) is 5.91 Å². The van der Waals surface area contributed by atoms with Crippen molar-refractivity contribution in [3.05, 3.63) is 59.7 Å². The Morgan fingerprint density at radius 1 is 1.00 bits per heavy atom. The van der Waals surface area contributed by atoms with Gasteiger partial charge in [-0.05, 0) is 59.8 Å². The van der Waals surface area contributed by atoms with Crippen molar-refractivity contribution >= 4 is 18.0 Å². The third-order valence-electron chi connectivity index (χ3n) is 7.21. The molecule has 4 rings (SSSR count). The van der Waals surface area contributed by atoms with Crippen LogP contribution in [-0.4, -0.2) is 42.3 Å². The van der Waals surface area contributed by atoms with Crippen LogP contribution >= 0.6 is 0 Å². The van der Waals surface area contributed by atoms with Crippen molar-refractivity contribution in [2.45, 2.75) is 57.4 Å². The lowest BCUT2D eigenvalue weighted by atomic mass is 9.98. The van der Waals surface area contributed by atoms with Gasteiger partial charge in [0.1, 0.15) is 12.6 Å². The molecule has 0 saturated heterocycles. The van der Waals surface area contributed by atoms with Gasteiger partial charge in [-0.3, -0.25) is 9.59 Å². The van der Waals surface area contributed by atoms with Crippen molar-refractivity contribution in [1.29, 1.82) is 0 Å². The molecule has 0 bridgehead atoms. The average molecular weight is 479 g/mol. The molecule has 2 unspecified atom stereocenters. The number of hydrogen-bond donors (Lipinski definition) is 3. The number of carbonyl (C=O) groups excluding carboxylic acids is 2. The Morgan fingerprint density at radius 2 is 1.63 bits per heavy atom. The van der Waals surface area contributed by atoms with Gasteiger partial charge in [-0.2, -0.15) is 0 Å². The van der Waals surface area contributed by atoms with Crippen molar-refractivity contribution in [2.24, 2.45) is 11.8 Å². The van der Waals surface area contributed by atoms with Crippen LogP contribution in [0.4, 0.5) is 4.79 Å². The van der Waals surface area contributed by atoms with E-state index in [-0.39, 0.29) is 36.7 Å². The highest BCUT2D eigenvalue weighted by atomic mass is 16.5. The number of aliphatic carboxylic acids is 1. The van der Waals surface area contributed by atoms with E-state index < -0.39 is 18.1 Å². The standard InChI is InChI=1S/C28H34N2O5/c1-2-7-25(27(33)29-16-19-13-12-18(14-19)15-26(31)32)30-28(34)35-17-24-22-10-5-3-8-20(22)21-9-4-6-11-23(21)24/h3-6,8-11,18-19,24-25H,2,7,12-17H2,1H3,(H,29,33)(H,30,34)(H,31,32)/t18?,19?,25-/m0/s1. The third-order valence-corrected chi connectivity index (χ3v) is 7.21. The summed E-state index contributed by atoms with van der Waals surface area (Å²) < 4.78 is 5.61. The van der Waals surface area contributed by atoms with Gasteiger partial charge in [0.15, 0.2) is 0 Å². The van der Waals surface area contributed by atoms with Crippen molar-refractivity contribution in [3.63, 3.8) is 0 Å². The molecule has 2 amide bonds. The van der Waals surface area contributed by atoms with Gasteiger partial charge < -0.3 is 20.5 Å². The summed E-state index contributed by atoms with van der Waals surface area (Å²) in [7, 11) is 0. The van der Waals surface area contributed by atoms with Gasteiger partial charge >= 0.3 is 12.1 Å². The van der Waals surface area contributed by atoms with E-state index in [1.165, 1.54) is 0 Å². The first kappa shape index (κ1) is 24.8. The maximum Gasteiger partial charge on any atom is 0.407 e. The molecule has 1 fully saturated rings. The summed E-state index contributed by atoms with van der Waals surface area (Å²) in [4.78, 5) is 36.4. The van der Waals surface area contributed by atoms with Crippen LogP contribution in [0.15, 0.2) is 48.5 Å². The quantitative estimate of drug-likeness (QED) is 0.459. The molecule has 2 aliphatic carbocycles. The predicted octanol–water partition coefficient (Wildman–Crippen LogP) is 4.70. The second-order valence-corrected chi connectivity index (χ2v) is 9.70. The maximum atomic E-state index is 12.8. The molecule has 3 atom stereocenters. The molecule has 2 aromatic carbocycles. The summed E-state index contributed by atoms with van der Waals surface area (Å²) in [6.07, 6.45) is 3.45. The normalized spacial score (nSPS) is 19.5. The molecule has 0 aliphatic heterocycles. The van der Waals surface area contributed by atoms with E-state index in [9.17, 15) is 14.4 Å². The number of fused-ring (bicyclic) bond motifs is 3. The Bertz CT molecular complexity index is 1020. The van der Waals surface area contributed by atoms with Crippen LogP contribution in [-0.2, 0) is 14.3 Å². The summed E-state index contributed by atoms with van der Waals surface area (Å²) in [6.45, 7) is 2.67. The van der Waals surface area contributed by atoms with Gasteiger partial charge in [0, 0.05) is 18.9 Å². The molecular formula is C28H34N2O5. The third kappa shape index (κ3) is 6.02. The number of carboxylic acid groups (broad SMARTS) is 1. The molecule has 1 saturated carbocycles. The fraction of sp³-hybridized carbons (Fsp3) is 0.464. The average Bonchev–Trinajstić information content (AvgIpc) is 3.42. The Kier molecular flexibility index (Phi) is 8.06. The number of nitrogens with one attached hydrogen (secondary N) is 2. The Labute approximate surface area is 206 Å². The minimum atomic E-state index is -0.769. The fourth-order valence-corrected chi connectivity index (χ4v) is 5.50. The van der Waals surface area contributed by atoms with Gasteiger partial charge in [-0.25, -0.2) is 4.79 Å². The van der Waals surface area contributed by atoms with E-state index in [4.69, 9.17) is 9.84 Å². The van der Waals surface area contributed by atoms with E-state index in [0.717, 1.165) is 47.9 Å². The molecule has 7 nitrogen and oxygen atoms in total.